The van der Waals surface area contributed by atoms with Crippen LogP contribution in [-0.2, 0) is 20.9 Å². The van der Waals surface area contributed by atoms with Gasteiger partial charge in [-0.25, -0.2) is 9.59 Å². The molecular formula is C21H25N3O6. The van der Waals surface area contributed by atoms with E-state index in [2.05, 4.69) is 16.0 Å². The molecule has 2 rings (SSSR count). The van der Waals surface area contributed by atoms with Gasteiger partial charge in [-0.3, -0.25) is 14.9 Å². The summed E-state index contributed by atoms with van der Waals surface area (Å²) in [6, 6.07) is 10.5. The third-order valence-corrected chi connectivity index (χ3v) is 4.15. The fourth-order valence-electron chi connectivity index (χ4n) is 2.45. The third kappa shape index (κ3) is 6.77. The smallest absolute Gasteiger partial charge is 0.329 e. The van der Waals surface area contributed by atoms with Gasteiger partial charge in [0.05, 0.1) is 6.26 Å². The molecule has 2 atom stereocenters. The lowest BCUT2D eigenvalue weighted by Crippen LogP contribution is -2.49. The Morgan fingerprint density at radius 2 is 1.70 bits per heavy atom. The molecule has 1 aromatic heterocycles. The van der Waals surface area contributed by atoms with Gasteiger partial charge in [0.25, 0.3) is 11.8 Å². The summed E-state index contributed by atoms with van der Waals surface area (Å²) < 4.78 is 10.1. The fraction of sp³-hybridized carbons (Fsp3) is 0.333. The Bertz CT molecular complexity index is 864. The first kappa shape index (κ1) is 22.7. The lowest BCUT2D eigenvalue weighted by atomic mass is 10.0. The second-order valence-electron chi connectivity index (χ2n) is 6.91. The molecule has 0 unspecified atom stereocenters. The Balaban J connectivity index is 1.84. The Labute approximate surface area is 174 Å². The molecule has 0 aliphatic rings. The summed E-state index contributed by atoms with van der Waals surface area (Å²) in [6.45, 7) is 5.01. The number of hydrogen-bond acceptors (Lipinski definition) is 6. The van der Waals surface area contributed by atoms with Crippen molar-refractivity contribution >= 4 is 23.8 Å². The molecule has 30 heavy (non-hydrogen) atoms. The number of esters is 1. The van der Waals surface area contributed by atoms with Gasteiger partial charge < -0.3 is 19.8 Å². The van der Waals surface area contributed by atoms with Crippen molar-refractivity contribution in [3.8, 4) is 0 Å². The Kier molecular flexibility index (Phi) is 8.16. The third-order valence-electron chi connectivity index (χ3n) is 4.15. The van der Waals surface area contributed by atoms with Crippen molar-refractivity contribution in [3.63, 3.8) is 0 Å². The lowest BCUT2D eigenvalue weighted by Gasteiger charge is -2.22. The molecule has 0 fully saturated rings. The zero-order chi connectivity index (χ0) is 22.1. The van der Waals surface area contributed by atoms with Crippen LogP contribution in [0.2, 0.25) is 0 Å². The standard InChI is InChI=1S/C21H25N3O6/c1-13(2)17(23-19(26)16-10-7-11-29-16)20(27)30-14(3)18(25)24-21(28)22-12-15-8-5-4-6-9-15/h4-11,13-14,17H,12H2,1-3H3,(H,23,26)(H2,22,24,25,28)/t14-,17-/m0/s1. The summed E-state index contributed by atoms with van der Waals surface area (Å²) >= 11 is 0. The lowest BCUT2D eigenvalue weighted by molar-refractivity contribution is -0.157. The molecule has 160 valence electrons. The van der Waals surface area contributed by atoms with Crippen LogP contribution in [0.3, 0.4) is 0 Å². The molecule has 4 amide bonds. The molecular weight excluding hydrogens is 390 g/mol. The van der Waals surface area contributed by atoms with E-state index < -0.39 is 36.0 Å². The second kappa shape index (κ2) is 10.8. The summed E-state index contributed by atoms with van der Waals surface area (Å²) in [5, 5.41) is 7.18. The highest BCUT2D eigenvalue weighted by Gasteiger charge is 2.30. The number of amides is 4. The predicted molar refractivity (Wildman–Crippen MR) is 107 cm³/mol. The highest BCUT2D eigenvalue weighted by atomic mass is 16.5. The van der Waals surface area contributed by atoms with Crippen molar-refractivity contribution in [1.29, 1.82) is 0 Å². The maximum absolute atomic E-state index is 12.5. The minimum atomic E-state index is -1.23. The molecule has 0 saturated heterocycles. The summed E-state index contributed by atoms with van der Waals surface area (Å²) in [5.41, 5.74) is 0.867. The molecule has 2 aromatic rings. The molecule has 9 heteroatoms. The first-order chi connectivity index (χ1) is 14.3. The summed E-state index contributed by atoms with van der Waals surface area (Å²) in [7, 11) is 0. The number of hydrogen-bond donors (Lipinski definition) is 3. The molecule has 3 N–H and O–H groups in total. The van der Waals surface area contributed by atoms with Crippen molar-refractivity contribution in [1.82, 2.24) is 16.0 Å². The number of rotatable bonds is 8. The van der Waals surface area contributed by atoms with E-state index in [-0.39, 0.29) is 18.2 Å². The van der Waals surface area contributed by atoms with E-state index in [1.165, 1.54) is 19.3 Å². The second-order valence-corrected chi connectivity index (χ2v) is 6.91. The van der Waals surface area contributed by atoms with Gasteiger partial charge in [-0.1, -0.05) is 44.2 Å². The Morgan fingerprint density at radius 1 is 1.00 bits per heavy atom. The van der Waals surface area contributed by atoms with Crippen molar-refractivity contribution < 1.29 is 28.3 Å². The molecule has 0 aliphatic heterocycles. The van der Waals surface area contributed by atoms with E-state index in [0.29, 0.717) is 0 Å². The van der Waals surface area contributed by atoms with Crippen LogP contribution < -0.4 is 16.0 Å². The molecule has 0 bridgehead atoms. The quantitative estimate of drug-likeness (QED) is 0.566. The number of furan rings is 1. The van der Waals surface area contributed by atoms with E-state index in [1.54, 1.807) is 19.9 Å². The fourth-order valence-corrected chi connectivity index (χ4v) is 2.45. The minimum absolute atomic E-state index is 0.0503. The monoisotopic (exact) mass is 415 g/mol. The molecule has 0 radical (unpaired) electrons. The molecule has 1 aromatic carbocycles. The molecule has 1 heterocycles. The maximum atomic E-state index is 12.5. The van der Waals surface area contributed by atoms with Gasteiger partial charge in [-0.05, 0) is 30.5 Å². The average Bonchev–Trinajstić information content (AvgIpc) is 3.25. The molecule has 0 aliphatic carbocycles. The number of urea groups is 1. The van der Waals surface area contributed by atoms with Crippen LogP contribution in [0.4, 0.5) is 4.79 Å². The van der Waals surface area contributed by atoms with E-state index >= 15 is 0 Å². The summed E-state index contributed by atoms with van der Waals surface area (Å²) in [5.74, 6) is -2.41. The molecule has 9 nitrogen and oxygen atoms in total. The van der Waals surface area contributed by atoms with Gasteiger partial charge in [0.15, 0.2) is 11.9 Å². The highest BCUT2D eigenvalue weighted by Crippen LogP contribution is 2.09. The van der Waals surface area contributed by atoms with Crippen LogP contribution in [0.5, 0.6) is 0 Å². The summed E-state index contributed by atoms with van der Waals surface area (Å²) in [6.07, 6.45) is 0.106. The van der Waals surface area contributed by atoms with Crippen molar-refractivity contribution in [2.24, 2.45) is 5.92 Å². The van der Waals surface area contributed by atoms with Crippen LogP contribution in [-0.4, -0.2) is 36.0 Å². The zero-order valence-corrected chi connectivity index (χ0v) is 17.0. The first-order valence-corrected chi connectivity index (χ1v) is 9.45. The van der Waals surface area contributed by atoms with Gasteiger partial charge in [0.2, 0.25) is 0 Å². The number of carbonyl (C=O) groups excluding carboxylic acids is 4. The van der Waals surface area contributed by atoms with E-state index in [0.717, 1.165) is 5.56 Å². The van der Waals surface area contributed by atoms with Gasteiger partial charge in [0.1, 0.15) is 6.04 Å². The van der Waals surface area contributed by atoms with E-state index in [9.17, 15) is 19.2 Å². The van der Waals surface area contributed by atoms with Crippen LogP contribution in [0, 0.1) is 5.92 Å². The largest absolute Gasteiger partial charge is 0.459 e. The zero-order valence-electron chi connectivity index (χ0n) is 17.0. The minimum Gasteiger partial charge on any atom is -0.459 e. The Morgan fingerprint density at radius 3 is 2.30 bits per heavy atom. The van der Waals surface area contributed by atoms with Crippen LogP contribution >= 0.6 is 0 Å². The number of nitrogens with one attached hydrogen (secondary N) is 3. The van der Waals surface area contributed by atoms with Gasteiger partial charge in [-0.15, -0.1) is 0 Å². The van der Waals surface area contributed by atoms with Crippen molar-refractivity contribution in [2.45, 2.75) is 39.5 Å². The normalized spacial score (nSPS) is 12.5. The van der Waals surface area contributed by atoms with Gasteiger partial charge in [0, 0.05) is 6.54 Å². The average molecular weight is 415 g/mol. The Hall–Kier alpha value is -3.62. The maximum Gasteiger partial charge on any atom is 0.329 e. The van der Waals surface area contributed by atoms with Crippen molar-refractivity contribution in [2.75, 3.05) is 0 Å². The van der Waals surface area contributed by atoms with Crippen LogP contribution in [0.25, 0.3) is 0 Å². The number of benzene rings is 1. The first-order valence-electron chi connectivity index (χ1n) is 9.45. The molecule has 0 spiro atoms. The predicted octanol–water partition coefficient (Wildman–Crippen LogP) is 1.99. The number of imide groups is 1. The topological polar surface area (TPSA) is 127 Å². The highest BCUT2D eigenvalue weighted by molar-refractivity contribution is 5.98. The van der Waals surface area contributed by atoms with E-state index in [4.69, 9.17) is 9.15 Å². The van der Waals surface area contributed by atoms with E-state index in [1.807, 2.05) is 30.3 Å². The molecule has 0 saturated carbocycles. The number of ether oxygens (including phenoxy) is 1. The van der Waals surface area contributed by atoms with Crippen molar-refractivity contribution in [3.05, 3.63) is 60.1 Å². The van der Waals surface area contributed by atoms with Gasteiger partial charge >= 0.3 is 12.0 Å². The van der Waals surface area contributed by atoms with Crippen LogP contribution in [0.1, 0.15) is 36.9 Å². The van der Waals surface area contributed by atoms with Gasteiger partial charge in [-0.2, -0.15) is 0 Å². The SMILES string of the molecule is CC(C)[C@H](NC(=O)c1ccco1)C(=O)O[C@@H](C)C(=O)NC(=O)NCc1ccccc1. The number of carbonyl (C=O) groups is 4. The summed E-state index contributed by atoms with van der Waals surface area (Å²) in [4.78, 5) is 48.6. The van der Waals surface area contributed by atoms with Crippen LogP contribution in [0.15, 0.2) is 53.1 Å².